The summed E-state index contributed by atoms with van der Waals surface area (Å²) in [6.07, 6.45) is 0. The molecule has 7 heteroatoms. The van der Waals surface area contributed by atoms with Crippen LogP contribution < -0.4 is 5.32 Å². The van der Waals surface area contributed by atoms with Crippen molar-refractivity contribution in [3.05, 3.63) is 94.5 Å². The molecule has 4 rings (SSSR count). The SMILES string of the molecule is Cc1ccc(S(=O)(=O)c2nc(-c3cccc(C)c3)oc2NCc2ccccc2Cl)cc1. The van der Waals surface area contributed by atoms with Crippen LogP contribution >= 0.6 is 11.6 Å². The Balaban J connectivity index is 1.78. The van der Waals surface area contributed by atoms with Gasteiger partial charge in [0.15, 0.2) is 0 Å². The molecule has 0 atom stereocenters. The predicted octanol–water partition coefficient (Wildman–Crippen LogP) is 6.06. The summed E-state index contributed by atoms with van der Waals surface area (Å²) in [5.41, 5.74) is 3.50. The van der Waals surface area contributed by atoms with Gasteiger partial charge < -0.3 is 9.73 Å². The van der Waals surface area contributed by atoms with Crippen molar-refractivity contribution >= 4 is 27.3 Å². The molecule has 4 aromatic rings. The Morgan fingerprint density at radius 1 is 0.935 bits per heavy atom. The number of oxazole rings is 1. The number of benzene rings is 3. The van der Waals surface area contributed by atoms with Gasteiger partial charge in [0.05, 0.1) is 4.90 Å². The summed E-state index contributed by atoms with van der Waals surface area (Å²) in [6, 6.07) is 21.6. The zero-order valence-corrected chi connectivity index (χ0v) is 18.7. The number of nitrogens with zero attached hydrogens (tertiary/aromatic N) is 1. The number of nitrogens with one attached hydrogen (secondary N) is 1. The second-order valence-corrected chi connectivity index (χ2v) is 9.56. The summed E-state index contributed by atoms with van der Waals surface area (Å²) >= 11 is 6.24. The number of hydrogen-bond donors (Lipinski definition) is 1. The van der Waals surface area contributed by atoms with Crippen molar-refractivity contribution in [2.24, 2.45) is 0 Å². The molecule has 0 radical (unpaired) electrons. The van der Waals surface area contributed by atoms with Gasteiger partial charge in [0.25, 0.3) is 0 Å². The molecule has 0 aliphatic rings. The van der Waals surface area contributed by atoms with E-state index in [0.29, 0.717) is 17.1 Å². The average molecular weight is 453 g/mol. The molecule has 1 aromatic heterocycles. The van der Waals surface area contributed by atoms with Crippen molar-refractivity contribution < 1.29 is 12.8 Å². The minimum Gasteiger partial charge on any atom is -0.419 e. The minimum absolute atomic E-state index is 0.0806. The molecule has 0 aliphatic heterocycles. The van der Waals surface area contributed by atoms with Crippen molar-refractivity contribution in [3.63, 3.8) is 0 Å². The predicted molar refractivity (Wildman–Crippen MR) is 122 cm³/mol. The number of sulfone groups is 1. The molecule has 0 saturated carbocycles. The van der Waals surface area contributed by atoms with Gasteiger partial charge in [-0.05, 0) is 49.7 Å². The fourth-order valence-corrected chi connectivity index (χ4v) is 4.63. The van der Waals surface area contributed by atoms with Gasteiger partial charge in [-0.2, -0.15) is 4.98 Å². The van der Waals surface area contributed by atoms with E-state index >= 15 is 0 Å². The van der Waals surface area contributed by atoms with Crippen molar-refractivity contribution in [1.82, 2.24) is 4.98 Å². The first-order valence-corrected chi connectivity index (χ1v) is 11.6. The van der Waals surface area contributed by atoms with Crippen molar-refractivity contribution in [1.29, 1.82) is 0 Å². The highest BCUT2D eigenvalue weighted by Gasteiger charge is 2.28. The number of halogens is 1. The van der Waals surface area contributed by atoms with E-state index in [-0.39, 0.29) is 21.7 Å². The van der Waals surface area contributed by atoms with Crippen LogP contribution in [-0.2, 0) is 16.4 Å². The first-order valence-electron chi connectivity index (χ1n) is 9.71. The Labute approximate surface area is 186 Å². The lowest BCUT2D eigenvalue weighted by Crippen LogP contribution is -2.07. The molecule has 3 aromatic carbocycles. The van der Waals surface area contributed by atoms with Crippen LogP contribution in [0.5, 0.6) is 0 Å². The second kappa shape index (κ2) is 8.57. The Bertz CT molecular complexity index is 1330. The van der Waals surface area contributed by atoms with Crippen LogP contribution in [0.25, 0.3) is 11.5 Å². The molecule has 0 saturated heterocycles. The van der Waals surface area contributed by atoms with E-state index in [0.717, 1.165) is 16.7 Å². The minimum atomic E-state index is -3.90. The monoisotopic (exact) mass is 452 g/mol. The number of rotatable bonds is 6. The number of hydrogen-bond acceptors (Lipinski definition) is 5. The van der Waals surface area contributed by atoms with Crippen molar-refractivity contribution in [2.45, 2.75) is 30.3 Å². The lowest BCUT2D eigenvalue weighted by molar-refractivity contribution is 0.576. The van der Waals surface area contributed by atoms with Crippen LogP contribution in [0.15, 0.2) is 87.1 Å². The third-order valence-corrected chi connectivity index (χ3v) is 6.89. The van der Waals surface area contributed by atoms with Crippen LogP contribution in [0.4, 0.5) is 5.88 Å². The molecule has 1 heterocycles. The van der Waals surface area contributed by atoms with Crippen molar-refractivity contribution in [2.75, 3.05) is 5.32 Å². The molecule has 31 heavy (non-hydrogen) atoms. The molecule has 0 unspecified atom stereocenters. The molecule has 0 spiro atoms. The number of aryl methyl sites for hydroxylation is 2. The molecule has 5 nitrogen and oxygen atoms in total. The summed E-state index contributed by atoms with van der Waals surface area (Å²) in [5.74, 6) is 0.313. The molecular formula is C24H21ClN2O3S. The van der Waals surface area contributed by atoms with E-state index in [4.69, 9.17) is 16.0 Å². The zero-order valence-electron chi connectivity index (χ0n) is 17.1. The third-order valence-electron chi connectivity index (χ3n) is 4.84. The topological polar surface area (TPSA) is 72.2 Å². The van der Waals surface area contributed by atoms with E-state index < -0.39 is 9.84 Å². The fourth-order valence-electron chi connectivity index (χ4n) is 3.15. The van der Waals surface area contributed by atoms with Crippen LogP contribution in [-0.4, -0.2) is 13.4 Å². The average Bonchev–Trinajstić information content (AvgIpc) is 3.19. The maximum Gasteiger partial charge on any atom is 0.234 e. The van der Waals surface area contributed by atoms with Gasteiger partial charge in [-0.15, -0.1) is 0 Å². The number of anilines is 1. The lowest BCUT2D eigenvalue weighted by atomic mass is 10.1. The molecule has 158 valence electrons. The highest BCUT2D eigenvalue weighted by atomic mass is 35.5. The first kappa shape index (κ1) is 21.2. The van der Waals surface area contributed by atoms with Gasteiger partial charge in [-0.1, -0.05) is 65.2 Å². The van der Waals surface area contributed by atoms with Gasteiger partial charge in [-0.25, -0.2) is 8.42 Å². The van der Waals surface area contributed by atoms with E-state index in [9.17, 15) is 8.42 Å². The van der Waals surface area contributed by atoms with Crippen LogP contribution in [0.1, 0.15) is 16.7 Å². The molecule has 0 amide bonds. The molecule has 0 bridgehead atoms. The normalized spacial score (nSPS) is 11.5. The Morgan fingerprint density at radius 2 is 1.68 bits per heavy atom. The van der Waals surface area contributed by atoms with Gasteiger partial charge in [0.1, 0.15) is 0 Å². The number of aromatic nitrogens is 1. The van der Waals surface area contributed by atoms with Gasteiger partial charge >= 0.3 is 0 Å². The highest BCUT2D eigenvalue weighted by Crippen LogP contribution is 2.33. The van der Waals surface area contributed by atoms with Crippen LogP contribution in [0, 0.1) is 13.8 Å². The maximum atomic E-state index is 13.4. The van der Waals surface area contributed by atoms with E-state index in [1.807, 2.05) is 56.3 Å². The smallest absolute Gasteiger partial charge is 0.234 e. The Hall–Kier alpha value is -3.09. The van der Waals surface area contributed by atoms with E-state index in [1.165, 1.54) is 0 Å². The summed E-state index contributed by atoms with van der Waals surface area (Å²) in [4.78, 5) is 4.53. The van der Waals surface area contributed by atoms with Gasteiger partial charge in [-0.3, -0.25) is 0 Å². The fraction of sp³-hybridized carbons (Fsp3) is 0.125. The molecule has 1 N–H and O–H groups in total. The maximum absolute atomic E-state index is 13.4. The second-order valence-electron chi connectivity index (χ2n) is 7.28. The van der Waals surface area contributed by atoms with Crippen LogP contribution in [0.2, 0.25) is 5.02 Å². The van der Waals surface area contributed by atoms with E-state index in [1.54, 1.807) is 30.3 Å². The quantitative estimate of drug-likeness (QED) is 0.385. The molecular weight excluding hydrogens is 432 g/mol. The molecule has 0 fully saturated rings. The summed E-state index contributed by atoms with van der Waals surface area (Å²) < 4.78 is 32.6. The summed E-state index contributed by atoms with van der Waals surface area (Å²) in [7, 11) is -3.90. The Morgan fingerprint density at radius 3 is 2.39 bits per heavy atom. The van der Waals surface area contributed by atoms with Gasteiger partial charge in [0.2, 0.25) is 26.6 Å². The summed E-state index contributed by atoms with van der Waals surface area (Å²) in [5, 5.41) is 3.50. The van der Waals surface area contributed by atoms with Crippen LogP contribution in [0.3, 0.4) is 0 Å². The summed E-state index contributed by atoms with van der Waals surface area (Å²) in [6.45, 7) is 4.14. The van der Waals surface area contributed by atoms with Crippen molar-refractivity contribution in [3.8, 4) is 11.5 Å². The zero-order chi connectivity index (χ0) is 22.0. The molecule has 0 aliphatic carbocycles. The third kappa shape index (κ3) is 4.50. The lowest BCUT2D eigenvalue weighted by Gasteiger charge is -2.07. The Kier molecular flexibility index (Phi) is 5.85. The largest absolute Gasteiger partial charge is 0.419 e. The standard InChI is InChI=1S/C24H21ClN2O3S/c1-16-10-12-20(13-11-16)31(28,29)24-23(26-15-19-7-3-4-9-21(19)25)30-22(27-24)18-8-5-6-17(2)14-18/h3-14,26H,15H2,1-2H3. The van der Waals surface area contributed by atoms with E-state index in [2.05, 4.69) is 10.3 Å². The highest BCUT2D eigenvalue weighted by molar-refractivity contribution is 7.91. The van der Waals surface area contributed by atoms with Gasteiger partial charge in [0, 0.05) is 17.1 Å². The first-order chi connectivity index (χ1) is 14.8.